The van der Waals surface area contributed by atoms with Crippen molar-refractivity contribution in [2.75, 3.05) is 27.2 Å². The summed E-state index contributed by atoms with van der Waals surface area (Å²) in [6.07, 6.45) is 3.46. The predicted octanol–water partition coefficient (Wildman–Crippen LogP) is 1.07. The lowest BCUT2D eigenvalue weighted by atomic mass is 10.1. The van der Waals surface area contributed by atoms with E-state index in [1.54, 1.807) is 9.34 Å². The van der Waals surface area contributed by atoms with Crippen molar-refractivity contribution in [3.05, 3.63) is 83.7 Å². The normalized spacial score (nSPS) is 24.8. The van der Waals surface area contributed by atoms with Crippen LogP contribution in [0.25, 0.3) is 0 Å². The molecule has 0 amide bonds. The van der Waals surface area contributed by atoms with Crippen LogP contribution in [-0.2, 0) is 12.8 Å². The molecule has 1 saturated heterocycles. The molecule has 3 aliphatic rings. The Kier molecular flexibility index (Phi) is 4.81. The molecule has 6 nitrogen and oxygen atoms in total. The molecule has 1 fully saturated rings. The second-order valence-corrected chi connectivity index (χ2v) is 10.3. The van der Waals surface area contributed by atoms with E-state index in [2.05, 4.69) is 33.7 Å². The van der Waals surface area contributed by atoms with Crippen molar-refractivity contribution in [2.45, 2.75) is 24.9 Å². The standard InChI is InChI=1S/C23H27N4O2P/c1-24-16-20(13-18-9-5-3-6-10-18)26-22(24)15-23-25(2)17-21(27(23)30(26,28)29)14-19-11-7-4-8-12-19/h3-12,15,20-21H,13-14,16-17H2,1-2H3/t20-,21-/m0/s1. The molecule has 30 heavy (non-hydrogen) atoms. The maximum absolute atomic E-state index is 13.9. The Balaban J connectivity index is 1.49. The van der Waals surface area contributed by atoms with Crippen LogP contribution in [0.4, 0.5) is 0 Å². The van der Waals surface area contributed by atoms with Gasteiger partial charge in [0.05, 0.1) is 19.2 Å². The van der Waals surface area contributed by atoms with Gasteiger partial charge in [-0.3, -0.25) is 4.58 Å². The van der Waals surface area contributed by atoms with Gasteiger partial charge in [-0.1, -0.05) is 60.7 Å². The van der Waals surface area contributed by atoms with Gasteiger partial charge in [-0.05, 0) is 17.5 Å². The Morgan fingerprint density at radius 2 is 1.47 bits per heavy atom. The van der Waals surface area contributed by atoms with Gasteiger partial charge in [-0.25, -0.2) is 0 Å². The molecule has 0 aliphatic carbocycles. The average Bonchev–Trinajstić information content (AvgIpc) is 3.21. The molecule has 0 aromatic heterocycles. The molecule has 0 saturated carbocycles. The number of fused-ring (bicyclic) bond motifs is 2. The Labute approximate surface area is 178 Å². The van der Waals surface area contributed by atoms with Gasteiger partial charge in [-0.2, -0.15) is 4.67 Å². The van der Waals surface area contributed by atoms with E-state index >= 15 is 0 Å². The fourth-order valence-corrected chi connectivity index (χ4v) is 7.30. The number of nitrogens with zero attached hydrogens (tertiary/aromatic N) is 4. The van der Waals surface area contributed by atoms with Gasteiger partial charge in [-0.15, -0.1) is 4.67 Å². The third-order valence-electron chi connectivity index (χ3n) is 6.34. The Morgan fingerprint density at radius 1 is 0.900 bits per heavy atom. The van der Waals surface area contributed by atoms with E-state index < -0.39 is 8.02 Å². The summed E-state index contributed by atoms with van der Waals surface area (Å²) in [4.78, 5) is 29.9. The second-order valence-electron chi connectivity index (χ2n) is 8.49. The molecule has 2 atom stereocenters. The van der Waals surface area contributed by atoms with Crippen LogP contribution in [0, 0.1) is 0 Å². The van der Waals surface area contributed by atoms with E-state index in [4.69, 9.17) is 0 Å². The summed E-state index contributed by atoms with van der Waals surface area (Å²) in [5, 5.41) is 0. The smallest absolute Gasteiger partial charge is 0.313 e. The molecule has 0 unspecified atom stereocenters. The van der Waals surface area contributed by atoms with E-state index in [9.17, 15) is 9.79 Å². The maximum Gasteiger partial charge on any atom is 0.313 e. The highest BCUT2D eigenvalue weighted by molar-refractivity contribution is 7.58. The van der Waals surface area contributed by atoms with Crippen LogP contribution in [0.1, 0.15) is 11.1 Å². The first-order valence-corrected chi connectivity index (χ1v) is 12.0. The molecule has 2 aromatic rings. The minimum absolute atomic E-state index is 0.100. The summed E-state index contributed by atoms with van der Waals surface area (Å²) in [6.45, 7) is 1.39. The van der Waals surface area contributed by atoms with Crippen LogP contribution in [-0.4, -0.2) is 63.9 Å². The number of likely N-dealkylation sites (N-methyl/N-ethyl adjacent to an activating group) is 2. The molecule has 7 heteroatoms. The van der Waals surface area contributed by atoms with Gasteiger partial charge >= 0.3 is 5.84 Å². The van der Waals surface area contributed by atoms with Gasteiger partial charge < -0.3 is 14.7 Å². The summed E-state index contributed by atoms with van der Waals surface area (Å²) < 4.78 is 5.43. The molecule has 2 aromatic carbocycles. The zero-order valence-electron chi connectivity index (χ0n) is 17.4. The number of rotatable bonds is 4. The first-order valence-electron chi connectivity index (χ1n) is 10.4. The summed E-state index contributed by atoms with van der Waals surface area (Å²) >= 11 is 0. The average molecular weight is 422 g/mol. The van der Waals surface area contributed by atoms with Gasteiger partial charge in [0, 0.05) is 20.0 Å². The van der Waals surface area contributed by atoms with E-state index in [0.29, 0.717) is 25.9 Å². The zero-order valence-corrected chi connectivity index (χ0v) is 18.3. The van der Waals surface area contributed by atoms with E-state index in [0.717, 1.165) is 22.8 Å². The number of hydrogen-bond acceptors (Lipinski definition) is 5. The first-order chi connectivity index (χ1) is 14.4. The van der Waals surface area contributed by atoms with Crippen molar-refractivity contribution in [3.8, 4) is 0 Å². The highest BCUT2D eigenvalue weighted by Gasteiger charge is 2.58. The highest BCUT2D eigenvalue weighted by Crippen LogP contribution is 2.59. The molecule has 5 rings (SSSR count). The molecule has 3 heterocycles. The summed E-state index contributed by atoms with van der Waals surface area (Å²) in [7, 11) is -0.0619. The fraction of sp³-hybridized carbons (Fsp3) is 0.348. The predicted molar refractivity (Wildman–Crippen MR) is 115 cm³/mol. The minimum Gasteiger partial charge on any atom is -0.631 e. The molecule has 0 spiro atoms. The SMILES string of the molecule is CN1C[C@H](Cc2ccccc2)N2C1=CC1=[N+](C)C[C@H](Cc3ccccc3)N1[P+]2([O-])[O-]. The van der Waals surface area contributed by atoms with Crippen LogP contribution in [0.15, 0.2) is 72.6 Å². The van der Waals surface area contributed by atoms with Gasteiger partial charge in [0.15, 0.2) is 14.1 Å². The quantitative estimate of drug-likeness (QED) is 0.545. The Hall–Kier alpha value is -2.40. The molecule has 0 N–H and O–H groups in total. The topological polar surface area (TPSA) is 58.8 Å². The molecule has 3 aliphatic heterocycles. The van der Waals surface area contributed by atoms with Crippen LogP contribution >= 0.6 is 8.02 Å². The lowest BCUT2D eigenvalue weighted by molar-refractivity contribution is -0.489. The molecule has 0 bridgehead atoms. The Bertz CT molecular complexity index is 993. The third-order valence-corrected chi connectivity index (χ3v) is 8.50. The van der Waals surface area contributed by atoms with Crippen molar-refractivity contribution in [1.29, 1.82) is 0 Å². The molecular formula is C23H27N4O2P. The highest BCUT2D eigenvalue weighted by atomic mass is 31.2. The van der Waals surface area contributed by atoms with Gasteiger partial charge in [0.25, 0.3) is 0 Å². The molecule has 0 radical (unpaired) electrons. The molecule has 156 valence electrons. The zero-order chi connectivity index (χ0) is 20.9. The monoisotopic (exact) mass is 422 g/mol. The van der Waals surface area contributed by atoms with E-state index in [-0.39, 0.29) is 12.1 Å². The largest absolute Gasteiger partial charge is 0.631 e. The number of hydrogen-bond donors (Lipinski definition) is 0. The lowest BCUT2D eigenvalue weighted by Gasteiger charge is -2.49. The maximum atomic E-state index is 13.9. The van der Waals surface area contributed by atoms with Crippen LogP contribution in [0.3, 0.4) is 0 Å². The van der Waals surface area contributed by atoms with E-state index in [1.807, 2.05) is 56.6 Å². The first kappa shape index (κ1) is 19.6. The van der Waals surface area contributed by atoms with Crippen molar-refractivity contribution in [3.63, 3.8) is 0 Å². The van der Waals surface area contributed by atoms with Gasteiger partial charge in [0.2, 0.25) is 0 Å². The van der Waals surface area contributed by atoms with Crippen LogP contribution in [0.2, 0.25) is 0 Å². The second kappa shape index (κ2) is 7.38. The minimum atomic E-state index is -4.03. The van der Waals surface area contributed by atoms with Crippen molar-refractivity contribution in [1.82, 2.24) is 14.2 Å². The van der Waals surface area contributed by atoms with Crippen molar-refractivity contribution in [2.24, 2.45) is 0 Å². The van der Waals surface area contributed by atoms with Crippen LogP contribution < -0.4 is 9.79 Å². The van der Waals surface area contributed by atoms with Crippen LogP contribution in [0.5, 0.6) is 0 Å². The van der Waals surface area contributed by atoms with Gasteiger partial charge in [0.1, 0.15) is 12.4 Å². The van der Waals surface area contributed by atoms with Crippen molar-refractivity contribution < 1.29 is 14.4 Å². The molecular weight excluding hydrogens is 395 g/mol. The number of benzene rings is 2. The Morgan fingerprint density at radius 3 is 2.07 bits per heavy atom. The van der Waals surface area contributed by atoms with E-state index in [1.165, 1.54) is 0 Å². The van der Waals surface area contributed by atoms with Crippen molar-refractivity contribution >= 4 is 13.9 Å². The summed E-state index contributed by atoms with van der Waals surface area (Å²) in [6, 6.07) is 20.1. The number of amidine groups is 1. The lowest BCUT2D eigenvalue weighted by Crippen LogP contribution is -2.56. The summed E-state index contributed by atoms with van der Waals surface area (Å²) in [5.41, 5.74) is 2.32. The third kappa shape index (κ3) is 3.20. The fourth-order valence-electron chi connectivity index (χ4n) is 5.02. The summed E-state index contributed by atoms with van der Waals surface area (Å²) in [5.74, 6) is 1.57.